The van der Waals surface area contributed by atoms with Crippen LogP contribution in [0.3, 0.4) is 0 Å². The van der Waals surface area contributed by atoms with Crippen molar-refractivity contribution in [3.05, 3.63) is 170 Å². The predicted molar refractivity (Wildman–Crippen MR) is 436 cm³/mol. The molecule has 0 aromatic heterocycles. The Balaban J connectivity index is 5.48. The van der Waals surface area contributed by atoms with Gasteiger partial charge in [0.25, 0.3) is 0 Å². The number of carbonyl (C=O) groups excluding carboxylic acids is 4. The molecule has 106 heavy (non-hydrogen) atoms. The van der Waals surface area contributed by atoms with E-state index >= 15 is 0 Å². The van der Waals surface area contributed by atoms with Crippen LogP contribution in [0.1, 0.15) is 297 Å². The Bertz CT molecular complexity index is 2680. The van der Waals surface area contributed by atoms with Crippen LogP contribution in [0.2, 0.25) is 0 Å². The molecule has 17 nitrogen and oxygen atoms in total. The van der Waals surface area contributed by atoms with Crippen LogP contribution in [0.25, 0.3) is 0 Å². The first-order chi connectivity index (χ1) is 51.7. The first kappa shape index (κ1) is 100. The third-order valence-electron chi connectivity index (χ3n) is 16.1. The molecule has 0 bridgehead atoms. The van der Waals surface area contributed by atoms with Gasteiger partial charge in [0.1, 0.15) is 19.3 Å². The van der Waals surface area contributed by atoms with Crippen LogP contribution >= 0.6 is 15.6 Å². The largest absolute Gasteiger partial charge is 0.472 e. The van der Waals surface area contributed by atoms with Gasteiger partial charge in [-0.15, -0.1) is 0 Å². The van der Waals surface area contributed by atoms with Crippen molar-refractivity contribution in [2.45, 2.75) is 316 Å². The fourth-order valence-electron chi connectivity index (χ4n) is 10.1. The van der Waals surface area contributed by atoms with Crippen molar-refractivity contribution in [3.8, 4) is 0 Å². The molecular weight excluding hydrogens is 1380 g/mol. The minimum Gasteiger partial charge on any atom is -0.462 e. The van der Waals surface area contributed by atoms with E-state index in [2.05, 4.69) is 180 Å². The smallest absolute Gasteiger partial charge is 0.462 e. The van der Waals surface area contributed by atoms with Crippen LogP contribution in [0, 0.1) is 0 Å². The quantitative estimate of drug-likeness (QED) is 0.0169. The number of allylic oxidation sites excluding steroid dienone is 28. The number of aliphatic hydroxyl groups excluding tert-OH is 1. The van der Waals surface area contributed by atoms with Gasteiger partial charge in [0, 0.05) is 25.7 Å². The van der Waals surface area contributed by atoms with Gasteiger partial charge in [0.05, 0.1) is 26.4 Å². The molecule has 5 atom stereocenters. The number of phosphoric acid groups is 2. The molecule has 3 N–H and O–H groups in total. The van der Waals surface area contributed by atoms with E-state index in [0.29, 0.717) is 32.1 Å². The normalized spacial score (nSPS) is 14.7. The summed E-state index contributed by atoms with van der Waals surface area (Å²) in [5, 5.41) is 10.6. The van der Waals surface area contributed by atoms with Gasteiger partial charge in [-0.05, 0) is 161 Å². The van der Waals surface area contributed by atoms with E-state index in [1.807, 2.05) is 18.2 Å². The van der Waals surface area contributed by atoms with Crippen LogP contribution in [0.15, 0.2) is 170 Å². The minimum atomic E-state index is -5.01. The lowest BCUT2D eigenvalue weighted by molar-refractivity contribution is -0.161. The van der Waals surface area contributed by atoms with E-state index in [1.165, 1.54) is 19.3 Å². The lowest BCUT2D eigenvalue weighted by atomic mass is 10.1. The number of ether oxygens (including phenoxy) is 4. The molecule has 0 radical (unpaired) electrons. The average molecular weight is 1520 g/mol. The number of phosphoric ester groups is 2. The highest BCUT2D eigenvalue weighted by Gasteiger charge is 2.30. The maximum Gasteiger partial charge on any atom is 0.472 e. The van der Waals surface area contributed by atoms with Crippen molar-refractivity contribution in [1.29, 1.82) is 0 Å². The van der Waals surface area contributed by atoms with E-state index in [4.69, 9.17) is 37.0 Å². The summed E-state index contributed by atoms with van der Waals surface area (Å²) in [5.74, 6) is -2.33. The number of rotatable bonds is 74. The van der Waals surface area contributed by atoms with Crippen molar-refractivity contribution >= 4 is 39.5 Å². The molecule has 0 aliphatic carbocycles. The zero-order valence-electron chi connectivity index (χ0n) is 65.8. The van der Waals surface area contributed by atoms with Gasteiger partial charge in [-0.3, -0.25) is 37.3 Å². The highest BCUT2D eigenvalue weighted by Crippen LogP contribution is 2.45. The molecule has 0 amide bonds. The summed E-state index contributed by atoms with van der Waals surface area (Å²) in [6, 6.07) is 0. The third-order valence-corrected chi connectivity index (χ3v) is 18.0. The molecule has 602 valence electrons. The SMILES string of the molecule is CC/C=C\C/C=C\C/C=C\C/C=C\C/C=C\C/C=C\CCC(=O)OCC(COP(=O)(O)OCC(O)COP(=O)(O)OCC(COC(=O)CCCCCCC/C=C\C/C=C\C/C=C\CC)OC(=O)CCCCCCC/C=C\C/C=C\CCC)OC(=O)CCCCCCCC/C=C\C/C=C\C/C=C\CCCCC. The van der Waals surface area contributed by atoms with E-state index < -0.39 is 97.5 Å². The standard InChI is InChI=1S/C87H142O17P2/c1-5-9-13-17-21-25-29-33-36-38-40-42-45-49-52-56-60-64-68-72-85(90)98-78-83(104-87(92)74-70-66-62-58-54-50-46-43-41-39-37-34-30-26-22-18-14-10-6-2)80-102-106(95,96)100-76-81(88)75-99-105(93,94)101-79-82(103-86(91)73-69-65-61-57-53-47-32-28-24-20-16-12-8-4)77-97-84(89)71-67-63-59-55-51-48-44-35-31-27-23-19-15-11-7-3/h9,11,13,15-16,20-23,25-28,32-37,40-44,49,52,60,64,81-83,88H,5-8,10,12,14,17-19,24,29-31,38-39,45-48,50-51,53-59,61-63,65-80H2,1-4H3,(H,93,94)(H,95,96)/b13-9-,15-11-,20-16-,25-21-,26-22-,27-23-,32-28-,36-33-,37-34-,42-40-,43-41-,44-35-,52-49-,64-60-. The van der Waals surface area contributed by atoms with Crippen molar-refractivity contribution in [2.24, 2.45) is 0 Å². The zero-order valence-corrected chi connectivity index (χ0v) is 67.6. The van der Waals surface area contributed by atoms with Gasteiger partial charge in [-0.25, -0.2) is 9.13 Å². The number of aliphatic hydroxyl groups is 1. The van der Waals surface area contributed by atoms with E-state index in [0.717, 1.165) is 193 Å². The molecule has 0 aliphatic heterocycles. The first-order valence-corrected chi connectivity index (χ1v) is 43.4. The second-order valence-corrected chi connectivity index (χ2v) is 29.1. The number of carbonyl (C=O) groups is 4. The number of esters is 4. The number of unbranched alkanes of at least 4 members (excludes halogenated alkanes) is 20. The molecule has 5 unspecified atom stereocenters. The summed E-state index contributed by atoms with van der Waals surface area (Å²) in [7, 11) is -10.0. The fraction of sp³-hybridized carbons (Fsp3) is 0.632. The van der Waals surface area contributed by atoms with Crippen molar-refractivity contribution < 1.29 is 80.2 Å². The average Bonchev–Trinajstić information content (AvgIpc) is 0.903. The molecule has 0 fully saturated rings. The highest BCUT2D eigenvalue weighted by molar-refractivity contribution is 7.47. The van der Waals surface area contributed by atoms with Gasteiger partial charge in [0.2, 0.25) is 0 Å². The van der Waals surface area contributed by atoms with Crippen molar-refractivity contribution in [1.82, 2.24) is 0 Å². The molecule has 0 aromatic rings. The Kier molecular flexibility index (Phi) is 73.5. The minimum absolute atomic E-state index is 0.0270. The lowest BCUT2D eigenvalue weighted by Crippen LogP contribution is -2.30. The van der Waals surface area contributed by atoms with Gasteiger partial charge >= 0.3 is 39.5 Å². The van der Waals surface area contributed by atoms with Crippen LogP contribution in [0.4, 0.5) is 0 Å². The van der Waals surface area contributed by atoms with Crippen LogP contribution in [-0.2, 0) is 65.4 Å². The predicted octanol–water partition coefficient (Wildman–Crippen LogP) is 23.8. The molecule has 0 saturated carbocycles. The van der Waals surface area contributed by atoms with Gasteiger partial charge in [0.15, 0.2) is 12.2 Å². The highest BCUT2D eigenvalue weighted by atomic mass is 31.2. The molecule has 0 spiro atoms. The van der Waals surface area contributed by atoms with Crippen molar-refractivity contribution in [3.63, 3.8) is 0 Å². The summed E-state index contributed by atoms with van der Waals surface area (Å²) in [4.78, 5) is 73.0. The van der Waals surface area contributed by atoms with Crippen molar-refractivity contribution in [2.75, 3.05) is 39.6 Å². The van der Waals surface area contributed by atoms with Gasteiger partial charge in [-0.2, -0.15) is 0 Å². The van der Waals surface area contributed by atoms with E-state index in [-0.39, 0.29) is 25.7 Å². The number of hydrogen-bond acceptors (Lipinski definition) is 15. The Labute approximate surface area is 642 Å². The molecule has 0 rings (SSSR count). The number of hydrogen-bond donors (Lipinski definition) is 3. The first-order valence-electron chi connectivity index (χ1n) is 40.4. The second-order valence-electron chi connectivity index (χ2n) is 26.2. The summed E-state index contributed by atoms with van der Waals surface area (Å²) in [5.41, 5.74) is 0. The molecule has 0 heterocycles. The summed E-state index contributed by atoms with van der Waals surface area (Å²) < 4.78 is 68.5. The Morgan fingerprint density at radius 3 is 0.849 bits per heavy atom. The topological polar surface area (TPSA) is 237 Å². The van der Waals surface area contributed by atoms with E-state index in [1.54, 1.807) is 0 Å². The van der Waals surface area contributed by atoms with Gasteiger partial charge < -0.3 is 33.8 Å². The molecule has 19 heteroatoms. The Hall–Kier alpha value is -5.58. The maximum absolute atomic E-state index is 13.1. The van der Waals surface area contributed by atoms with E-state index in [9.17, 15) is 43.2 Å². The monoisotopic (exact) mass is 1520 g/mol. The summed E-state index contributed by atoms with van der Waals surface area (Å²) >= 11 is 0. The lowest BCUT2D eigenvalue weighted by Gasteiger charge is -2.21. The summed E-state index contributed by atoms with van der Waals surface area (Å²) in [6.07, 6.45) is 92.0. The molecule has 0 aromatic carbocycles. The molecule has 0 saturated heterocycles. The Morgan fingerprint density at radius 1 is 0.274 bits per heavy atom. The fourth-order valence-corrected chi connectivity index (χ4v) is 11.6. The maximum atomic E-state index is 13.1. The summed E-state index contributed by atoms with van der Waals surface area (Å²) in [6.45, 7) is 4.41. The Morgan fingerprint density at radius 2 is 0.528 bits per heavy atom. The molecule has 0 aliphatic rings. The van der Waals surface area contributed by atoms with Crippen LogP contribution in [-0.4, -0.2) is 96.7 Å². The molecular formula is C87H142O17P2. The zero-order chi connectivity index (χ0) is 77.4. The van der Waals surface area contributed by atoms with Crippen LogP contribution in [0.5, 0.6) is 0 Å². The second kappa shape index (κ2) is 77.6. The van der Waals surface area contributed by atoms with Crippen LogP contribution < -0.4 is 0 Å². The van der Waals surface area contributed by atoms with Gasteiger partial charge in [-0.1, -0.05) is 281 Å². The third kappa shape index (κ3) is 76.6.